The summed E-state index contributed by atoms with van der Waals surface area (Å²) in [6, 6.07) is 18.7. The molecule has 1 N–H and O–H groups in total. The molecular weight excluding hydrogens is 384 g/mol. The number of nitrogens with one attached hydrogen (secondary N) is 1. The van der Waals surface area contributed by atoms with E-state index >= 15 is 0 Å². The highest BCUT2D eigenvalue weighted by molar-refractivity contribution is 7.90. The van der Waals surface area contributed by atoms with Crippen molar-refractivity contribution in [3.63, 3.8) is 0 Å². The highest BCUT2D eigenvalue weighted by Gasteiger charge is 2.26. The van der Waals surface area contributed by atoms with Crippen LogP contribution in [0.1, 0.15) is 5.82 Å². The molecule has 1 fully saturated rings. The van der Waals surface area contributed by atoms with Gasteiger partial charge >= 0.3 is 0 Å². The number of aromatic nitrogens is 2. The van der Waals surface area contributed by atoms with E-state index in [2.05, 4.69) is 15.2 Å². The van der Waals surface area contributed by atoms with E-state index in [-0.39, 0.29) is 0 Å². The number of fused-ring (bicyclic) bond motifs is 2. The molecule has 2 heterocycles. The van der Waals surface area contributed by atoms with Crippen LogP contribution in [-0.4, -0.2) is 43.6 Å². The summed E-state index contributed by atoms with van der Waals surface area (Å²) in [4.78, 5) is 7.24. The number of aryl methyl sites for hydroxylation is 1. The average molecular weight is 407 g/mol. The second-order valence-electron chi connectivity index (χ2n) is 7.29. The first-order valence-corrected chi connectivity index (χ1v) is 11.2. The molecule has 0 atom stereocenters. The molecule has 1 aliphatic rings. The molecule has 29 heavy (non-hydrogen) atoms. The van der Waals surface area contributed by atoms with Gasteiger partial charge in [0.1, 0.15) is 11.3 Å². The van der Waals surface area contributed by atoms with Crippen molar-refractivity contribution >= 4 is 37.5 Å². The van der Waals surface area contributed by atoms with Gasteiger partial charge in [0.05, 0.1) is 16.1 Å². The number of hydrogen-bond acceptors (Lipinski definition) is 5. The zero-order valence-electron chi connectivity index (χ0n) is 16.2. The van der Waals surface area contributed by atoms with Crippen molar-refractivity contribution in [2.75, 3.05) is 31.1 Å². The van der Waals surface area contributed by atoms with Gasteiger partial charge in [-0.15, -0.1) is 0 Å². The van der Waals surface area contributed by atoms with E-state index < -0.39 is 10.0 Å². The zero-order chi connectivity index (χ0) is 20.0. The molecule has 0 spiro atoms. The predicted octanol–water partition coefficient (Wildman–Crippen LogP) is 3.14. The van der Waals surface area contributed by atoms with E-state index in [1.807, 2.05) is 48.5 Å². The molecule has 1 aliphatic heterocycles. The maximum atomic E-state index is 13.7. The molecule has 1 aromatic heterocycles. The molecule has 0 amide bonds. The molecule has 1 saturated heterocycles. The molecule has 0 aliphatic carbocycles. The van der Waals surface area contributed by atoms with Gasteiger partial charge in [0, 0.05) is 31.6 Å². The summed E-state index contributed by atoms with van der Waals surface area (Å²) >= 11 is 0. The first-order valence-electron chi connectivity index (χ1n) is 9.74. The summed E-state index contributed by atoms with van der Waals surface area (Å²) in [5.74, 6) is 0.468. The second-order valence-corrected chi connectivity index (χ2v) is 9.04. The zero-order valence-corrected chi connectivity index (χ0v) is 17.0. The number of imidazole rings is 1. The molecule has 0 saturated carbocycles. The minimum absolute atomic E-state index is 0.297. The Morgan fingerprint density at radius 3 is 2.48 bits per heavy atom. The fourth-order valence-electron chi connectivity index (χ4n) is 4.16. The average Bonchev–Trinajstić information content (AvgIpc) is 3.10. The number of rotatable bonds is 3. The van der Waals surface area contributed by atoms with Crippen LogP contribution in [0, 0.1) is 6.92 Å². The summed E-state index contributed by atoms with van der Waals surface area (Å²) in [6.45, 7) is 5.32. The van der Waals surface area contributed by atoms with E-state index in [4.69, 9.17) is 0 Å². The topological polar surface area (TPSA) is 67.2 Å². The second kappa shape index (κ2) is 6.86. The third-order valence-corrected chi connectivity index (χ3v) is 7.36. The molecular formula is C22H22N4O2S. The van der Waals surface area contributed by atoms with Crippen LogP contribution in [0.15, 0.2) is 65.6 Å². The third-order valence-electron chi connectivity index (χ3n) is 5.51. The molecule has 3 aromatic carbocycles. The maximum absolute atomic E-state index is 13.7. The van der Waals surface area contributed by atoms with Gasteiger partial charge in [-0.1, -0.05) is 42.5 Å². The molecule has 5 rings (SSSR count). The van der Waals surface area contributed by atoms with Gasteiger partial charge < -0.3 is 10.2 Å². The van der Waals surface area contributed by atoms with Gasteiger partial charge in [-0.3, -0.25) is 0 Å². The summed E-state index contributed by atoms with van der Waals surface area (Å²) in [5.41, 5.74) is 2.33. The lowest BCUT2D eigenvalue weighted by atomic mass is 10.1. The third kappa shape index (κ3) is 2.89. The lowest BCUT2D eigenvalue weighted by molar-refractivity contribution is 0.588. The lowest BCUT2D eigenvalue weighted by Crippen LogP contribution is -2.43. The number of piperazine rings is 1. The normalized spacial score (nSPS) is 15.3. The van der Waals surface area contributed by atoms with Crippen LogP contribution in [0.2, 0.25) is 0 Å². The summed E-state index contributed by atoms with van der Waals surface area (Å²) in [6.07, 6.45) is 0. The van der Waals surface area contributed by atoms with Crippen LogP contribution in [0.25, 0.3) is 21.8 Å². The first kappa shape index (κ1) is 18.1. The molecule has 0 radical (unpaired) electrons. The van der Waals surface area contributed by atoms with Crippen LogP contribution in [-0.2, 0) is 10.0 Å². The first-order chi connectivity index (χ1) is 14.1. The van der Waals surface area contributed by atoms with Crippen molar-refractivity contribution < 1.29 is 8.42 Å². The monoisotopic (exact) mass is 406 g/mol. The summed E-state index contributed by atoms with van der Waals surface area (Å²) in [7, 11) is -3.80. The Hall–Kier alpha value is -2.90. The number of anilines is 1. The standard InChI is InChI=1S/C22H22N4O2S/c1-16-24-22-19(25-14-12-23-13-15-25)9-5-10-20(22)26(16)29(27,28)21-11-4-7-17-6-2-3-8-18(17)21/h2-11,23H,12-15H2,1H3. The van der Waals surface area contributed by atoms with Gasteiger partial charge in [-0.2, -0.15) is 0 Å². The Morgan fingerprint density at radius 2 is 1.66 bits per heavy atom. The van der Waals surface area contributed by atoms with Gasteiger partial charge in [-0.25, -0.2) is 17.4 Å². The van der Waals surface area contributed by atoms with Crippen molar-refractivity contribution in [3.8, 4) is 0 Å². The minimum atomic E-state index is -3.80. The van der Waals surface area contributed by atoms with Crippen molar-refractivity contribution in [1.82, 2.24) is 14.3 Å². The largest absolute Gasteiger partial charge is 0.367 e. The number of hydrogen-bond donors (Lipinski definition) is 1. The Kier molecular flexibility index (Phi) is 4.29. The quantitative estimate of drug-likeness (QED) is 0.566. The van der Waals surface area contributed by atoms with E-state index in [1.165, 1.54) is 3.97 Å². The van der Waals surface area contributed by atoms with Crippen molar-refractivity contribution in [2.24, 2.45) is 0 Å². The fourth-order valence-corrected chi connectivity index (χ4v) is 5.87. The van der Waals surface area contributed by atoms with Crippen molar-refractivity contribution in [2.45, 2.75) is 11.8 Å². The minimum Gasteiger partial charge on any atom is -0.367 e. The maximum Gasteiger partial charge on any atom is 0.270 e. The van der Waals surface area contributed by atoms with Gasteiger partial charge in [-0.05, 0) is 30.5 Å². The van der Waals surface area contributed by atoms with Crippen molar-refractivity contribution in [1.29, 1.82) is 0 Å². The molecule has 7 heteroatoms. The van der Waals surface area contributed by atoms with Gasteiger partial charge in [0.2, 0.25) is 0 Å². The predicted molar refractivity (Wildman–Crippen MR) is 116 cm³/mol. The van der Waals surface area contributed by atoms with Crippen LogP contribution in [0.4, 0.5) is 5.69 Å². The Morgan fingerprint density at radius 1 is 0.931 bits per heavy atom. The Labute approximate surface area is 169 Å². The molecule has 148 valence electrons. The Balaban J connectivity index is 1.73. The SMILES string of the molecule is Cc1nc2c(N3CCNCC3)cccc2n1S(=O)(=O)c1cccc2ccccc12. The highest BCUT2D eigenvalue weighted by atomic mass is 32.2. The van der Waals surface area contributed by atoms with Crippen LogP contribution < -0.4 is 10.2 Å². The molecule has 6 nitrogen and oxygen atoms in total. The summed E-state index contributed by atoms with van der Waals surface area (Å²) in [5, 5.41) is 4.97. The molecule has 0 unspecified atom stereocenters. The smallest absolute Gasteiger partial charge is 0.270 e. The Bertz CT molecular complexity index is 1320. The number of para-hydroxylation sites is 1. The number of nitrogens with zero attached hydrogens (tertiary/aromatic N) is 3. The van der Waals surface area contributed by atoms with Crippen LogP contribution >= 0.6 is 0 Å². The van der Waals surface area contributed by atoms with E-state index in [0.29, 0.717) is 16.2 Å². The van der Waals surface area contributed by atoms with E-state index in [1.54, 1.807) is 19.1 Å². The summed E-state index contributed by atoms with van der Waals surface area (Å²) < 4.78 is 28.8. The van der Waals surface area contributed by atoms with E-state index in [0.717, 1.165) is 48.2 Å². The van der Waals surface area contributed by atoms with Crippen LogP contribution in [0.5, 0.6) is 0 Å². The van der Waals surface area contributed by atoms with Crippen LogP contribution in [0.3, 0.4) is 0 Å². The molecule has 4 aromatic rings. The highest BCUT2D eigenvalue weighted by Crippen LogP contribution is 2.32. The number of benzene rings is 3. The van der Waals surface area contributed by atoms with Gasteiger partial charge in [0.25, 0.3) is 10.0 Å². The van der Waals surface area contributed by atoms with Crippen molar-refractivity contribution in [3.05, 3.63) is 66.5 Å². The van der Waals surface area contributed by atoms with Gasteiger partial charge in [0.15, 0.2) is 0 Å². The van der Waals surface area contributed by atoms with E-state index in [9.17, 15) is 8.42 Å². The molecule has 0 bridgehead atoms. The fraction of sp³-hybridized carbons (Fsp3) is 0.227. The lowest BCUT2D eigenvalue weighted by Gasteiger charge is -2.29.